The van der Waals surface area contributed by atoms with E-state index in [9.17, 15) is 4.79 Å². The number of nitrogens with zero attached hydrogens (tertiary/aromatic N) is 1. The minimum atomic E-state index is -0.168. The zero-order valence-corrected chi connectivity index (χ0v) is 6.06. The van der Waals surface area contributed by atoms with Crippen LogP contribution >= 0.6 is 12.6 Å². The Morgan fingerprint density at radius 2 is 2.70 bits per heavy atom. The van der Waals surface area contributed by atoms with Crippen LogP contribution in [-0.4, -0.2) is 21.6 Å². The van der Waals surface area contributed by atoms with E-state index in [0.29, 0.717) is 5.95 Å². The van der Waals surface area contributed by atoms with E-state index in [-0.39, 0.29) is 11.7 Å². The number of rotatable bonds is 2. The predicted octanol–water partition coefficient (Wildman–Crippen LogP) is 0.278. The first-order valence-electron chi connectivity index (χ1n) is 2.73. The summed E-state index contributed by atoms with van der Waals surface area (Å²) < 4.78 is 0. The van der Waals surface area contributed by atoms with Gasteiger partial charge in [0.1, 0.15) is 0 Å². The van der Waals surface area contributed by atoms with E-state index in [0.717, 1.165) is 0 Å². The molecule has 0 unspecified atom stereocenters. The average Bonchev–Trinajstić information content (AvgIpc) is 2.40. The molecule has 10 heavy (non-hydrogen) atoms. The molecule has 0 aliphatic rings. The highest BCUT2D eigenvalue weighted by Crippen LogP contribution is 1.94. The van der Waals surface area contributed by atoms with Crippen LogP contribution < -0.4 is 5.32 Å². The topological polar surface area (TPSA) is 57.8 Å². The number of nitrogens with one attached hydrogen (secondary N) is 2. The number of hydrogen-bond donors (Lipinski definition) is 3. The van der Waals surface area contributed by atoms with Crippen LogP contribution in [0.15, 0.2) is 12.4 Å². The summed E-state index contributed by atoms with van der Waals surface area (Å²) >= 11 is 3.77. The van der Waals surface area contributed by atoms with Gasteiger partial charge in [0.25, 0.3) is 0 Å². The van der Waals surface area contributed by atoms with E-state index in [1.807, 2.05) is 0 Å². The molecule has 0 fully saturated rings. The average molecular weight is 157 g/mol. The van der Waals surface area contributed by atoms with Crippen molar-refractivity contribution in [2.24, 2.45) is 0 Å². The van der Waals surface area contributed by atoms with Crippen LogP contribution in [0.3, 0.4) is 0 Å². The first-order valence-corrected chi connectivity index (χ1v) is 3.36. The smallest absolute Gasteiger partial charge is 0.236 e. The van der Waals surface area contributed by atoms with E-state index in [1.54, 1.807) is 12.4 Å². The molecule has 2 N–H and O–H groups in total. The molecule has 0 saturated heterocycles. The van der Waals surface area contributed by atoms with Crippen molar-refractivity contribution < 1.29 is 4.79 Å². The van der Waals surface area contributed by atoms with Crippen molar-refractivity contribution >= 4 is 24.5 Å². The zero-order valence-electron chi connectivity index (χ0n) is 5.16. The minimum Gasteiger partial charge on any atom is -0.331 e. The van der Waals surface area contributed by atoms with Gasteiger partial charge in [-0.05, 0) is 0 Å². The Morgan fingerprint density at radius 3 is 3.20 bits per heavy atom. The number of carbonyl (C=O) groups excluding carboxylic acids is 1. The molecule has 1 heterocycles. The molecule has 1 aromatic rings. The lowest BCUT2D eigenvalue weighted by Gasteiger charge is -1.95. The monoisotopic (exact) mass is 157 g/mol. The summed E-state index contributed by atoms with van der Waals surface area (Å²) in [7, 11) is 0. The first-order chi connectivity index (χ1) is 4.83. The maximum Gasteiger partial charge on any atom is 0.236 e. The summed E-state index contributed by atoms with van der Waals surface area (Å²) in [6.07, 6.45) is 3.20. The molecule has 0 saturated carbocycles. The fourth-order valence-electron chi connectivity index (χ4n) is 0.505. The Hall–Kier alpha value is -0.970. The minimum absolute atomic E-state index is 0.167. The molecule has 0 aliphatic carbocycles. The van der Waals surface area contributed by atoms with Gasteiger partial charge in [0.15, 0.2) is 0 Å². The normalized spacial score (nSPS) is 9.30. The lowest BCUT2D eigenvalue weighted by atomic mass is 10.7. The predicted molar refractivity (Wildman–Crippen MR) is 41.1 cm³/mol. The van der Waals surface area contributed by atoms with Gasteiger partial charge >= 0.3 is 0 Å². The van der Waals surface area contributed by atoms with Crippen molar-refractivity contribution in [3.8, 4) is 0 Å². The zero-order chi connectivity index (χ0) is 7.40. The van der Waals surface area contributed by atoms with Crippen LogP contribution in [0.5, 0.6) is 0 Å². The molecule has 0 radical (unpaired) electrons. The maximum absolute atomic E-state index is 10.6. The van der Waals surface area contributed by atoms with Crippen molar-refractivity contribution in [3.63, 3.8) is 0 Å². The van der Waals surface area contributed by atoms with Gasteiger partial charge in [0.05, 0.1) is 5.75 Å². The fraction of sp³-hybridized carbons (Fsp3) is 0.200. The van der Waals surface area contributed by atoms with Crippen LogP contribution in [-0.2, 0) is 4.79 Å². The maximum atomic E-state index is 10.6. The molecule has 5 heteroatoms. The van der Waals surface area contributed by atoms with Crippen LogP contribution in [0.25, 0.3) is 0 Å². The van der Waals surface area contributed by atoms with Gasteiger partial charge in [-0.3, -0.25) is 10.1 Å². The van der Waals surface area contributed by atoms with Crippen LogP contribution in [0, 0.1) is 0 Å². The van der Waals surface area contributed by atoms with Gasteiger partial charge in [0.2, 0.25) is 11.9 Å². The van der Waals surface area contributed by atoms with Gasteiger partial charge in [-0.1, -0.05) is 0 Å². The van der Waals surface area contributed by atoms with E-state index >= 15 is 0 Å². The Morgan fingerprint density at radius 1 is 1.90 bits per heavy atom. The van der Waals surface area contributed by atoms with Gasteiger partial charge in [0, 0.05) is 12.4 Å². The number of carbonyl (C=O) groups is 1. The van der Waals surface area contributed by atoms with Crippen molar-refractivity contribution in [1.82, 2.24) is 9.97 Å². The number of imidazole rings is 1. The number of thiol groups is 1. The largest absolute Gasteiger partial charge is 0.331 e. The molecule has 1 rings (SSSR count). The first kappa shape index (κ1) is 7.14. The molecule has 0 aromatic carbocycles. The number of H-pyrrole nitrogens is 1. The van der Waals surface area contributed by atoms with Gasteiger partial charge < -0.3 is 4.98 Å². The highest BCUT2D eigenvalue weighted by atomic mass is 32.1. The van der Waals surface area contributed by atoms with Crippen molar-refractivity contribution in [2.45, 2.75) is 0 Å². The Kier molecular flexibility index (Phi) is 2.33. The van der Waals surface area contributed by atoms with Gasteiger partial charge in [-0.25, -0.2) is 4.98 Å². The molecule has 0 spiro atoms. The second-order valence-electron chi connectivity index (χ2n) is 1.64. The summed E-state index contributed by atoms with van der Waals surface area (Å²) in [5.74, 6) is 0.457. The second kappa shape index (κ2) is 3.26. The van der Waals surface area contributed by atoms with Gasteiger partial charge in [-0.2, -0.15) is 12.6 Å². The standard InChI is InChI=1S/C5H7N3OS/c9-4(3-10)8-5-6-1-2-7-5/h1-2,10H,3H2,(H2,6,7,8,9). The lowest BCUT2D eigenvalue weighted by molar-refractivity contribution is -0.113. The lowest BCUT2D eigenvalue weighted by Crippen LogP contribution is -2.13. The second-order valence-corrected chi connectivity index (χ2v) is 1.96. The highest BCUT2D eigenvalue weighted by molar-refractivity contribution is 7.81. The summed E-state index contributed by atoms with van der Waals surface area (Å²) in [6.45, 7) is 0. The third kappa shape index (κ3) is 1.77. The van der Waals surface area contributed by atoms with Crippen molar-refractivity contribution in [3.05, 3.63) is 12.4 Å². The highest BCUT2D eigenvalue weighted by Gasteiger charge is 1.98. The summed E-state index contributed by atoms with van der Waals surface area (Å²) in [5.41, 5.74) is 0. The van der Waals surface area contributed by atoms with Crippen LogP contribution in [0.4, 0.5) is 5.95 Å². The molecule has 0 atom stereocenters. The fourth-order valence-corrected chi connectivity index (χ4v) is 0.584. The Bertz CT molecular complexity index is 209. The number of aromatic amines is 1. The summed E-state index contributed by atoms with van der Waals surface area (Å²) in [5, 5.41) is 2.49. The van der Waals surface area contributed by atoms with E-state index < -0.39 is 0 Å². The number of aromatic nitrogens is 2. The number of amides is 1. The van der Waals surface area contributed by atoms with E-state index in [2.05, 4.69) is 27.9 Å². The molecule has 1 amide bonds. The quantitative estimate of drug-likeness (QED) is 0.540. The third-order valence-corrected chi connectivity index (χ3v) is 1.19. The van der Waals surface area contributed by atoms with E-state index in [4.69, 9.17) is 0 Å². The molecule has 0 bridgehead atoms. The molecule has 4 nitrogen and oxygen atoms in total. The van der Waals surface area contributed by atoms with Crippen molar-refractivity contribution in [1.29, 1.82) is 0 Å². The molecular formula is C5H7N3OS. The summed E-state index contributed by atoms with van der Waals surface area (Å²) in [6, 6.07) is 0. The summed E-state index contributed by atoms with van der Waals surface area (Å²) in [4.78, 5) is 17.1. The van der Waals surface area contributed by atoms with Gasteiger partial charge in [-0.15, -0.1) is 0 Å². The van der Waals surface area contributed by atoms with Crippen LogP contribution in [0.1, 0.15) is 0 Å². The third-order valence-electron chi connectivity index (χ3n) is 0.900. The SMILES string of the molecule is O=C(CS)Nc1ncc[nH]1. The van der Waals surface area contributed by atoms with Crippen molar-refractivity contribution in [2.75, 3.05) is 11.1 Å². The molecular weight excluding hydrogens is 150 g/mol. The Balaban J connectivity index is 2.48. The Labute approximate surface area is 63.5 Å². The number of anilines is 1. The molecule has 54 valence electrons. The number of hydrogen-bond acceptors (Lipinski definition) is 3. The molecule has 0 aliphatic heterocycles. The molecule has 1 aromatic heterocycles. The van der Waals surface area contributed by atoms with Crippen LogP contribution in [0.2, 0.25) is 0 Å². The van der Waals surface area contributed by atoms with E-state index in [1.165, 1.54) is 0 Å².